The van der Waals surface area contributed by atoms with Gasteiger partial charge in [-0.05, 0) is 18.4 Å². The Labute approximate surface area is 120 Å². The first kappa shape index (κ1) is 15.2. The second kappa shape index (κ2) is 5.33. The standard InChI is InChI=1S/C11H7F4N3O2S/c1-21-9(17-5-16)18-6-3-2-4-7-8(6)20-11(14,15)10(12,13)19-7/h2-4H,1H3,(H,17,18). The lowest BCUT2D eigenvalue weighted by Crippen LogP contribution is -2.52. The summed E-state index contributed by atoms with van der Waals surface area (Å²) in [4.78, 5) is 3.86. The number of fused-ring (bicyclic) bond motifs is 1. The van der Waals surface area contributed by atoms with Crippen molar-refractivity contribution in [3.63, 3.8) is 0 Å². The third kappa shape index (κ3) is 2.82. The second-order valence-electron chi connectivity index (χ2n) is 3.70. The smallest absolute Gasteiger partial charge is 0.421 e. The van der Waals surface area contributed by atoms with E-state index < -0.39 is 23.7 Å². The summed E-state index contributed by atoms with van der Waals surface area (Å²) in [5.74, 6) is -1.19. The molecule has 0 fully saturated rings. The predicted molar refractivity (Wildman–Crippen MR) is 67.0 cm³/mol. The highest BCUT2D eigenvalue weighted by molar-refractivity contribution is 8.13. The number of amidine groups is 1. The van der Waals surface area contributed by atoms with Crippen molar-refractivity contribution in [2.45, 2.75) is 12.2 Å². The van der Waals surface area contributed by atoms with Crippen molar-refractivity contribution in [1.29, 1.82) is 5.26 Å². The van der Waals surface area contributed by atoms with E-state index in [-0.39, 0.29) is 10.9 Å². The Balaban J connectivity index is 2.48. The molecule has 10 heteroatoms. The lowest BCUT2D eigenvalue weighted by molar-refractivity contribution is -0.391. The number of rotatable bonds is 1. The van der Waals surface area contributed by atoms with Crippen molar-refractivity contribution in [2.24, 2.45) is 4.99 Å². The largest absolute Gasteiger partial charge is 0.507 e. The minimum atomic E-state index is -4.83. The Morgan fingerprint density at radius 1 is 1.29 bits per heavy atom. The maximum atomic E-state index is 13.2. The van der Waals surface area contributed by atoms with Gasteiger partial charge in [-0.25, -0.2) is 4.99 Å². The highest BCUT2D eigenvalue weighted by Gasteiger charge is 2.66. The van der Waals surface area contributed by atoms with Crippen molar-refractivity contribution >= 4 is 22.6 Å². The van der Waals surface area contributed by atoms with Crippen LogP contribution in [0.15, 0.2) is 23.2 Å². The first-order valence-electron chi connectivity index (χ1n) is 5.35. The van der Waals surface area contributed by atoms with Crippen LogP contribution >= 0.6 is 11.8 Å². The third-order valence-electron chi connectivity index (χ3n) is 2.34. The molecule has 1 aliphatic rings. The number of hydrogen-bond donors (Lipinski definition) is 1. The summed E-state index contributed by atoms with van der Waals surface area (Å²) >= 11 is 1.02. The average molecular weight is 321 g/mol. The van der Waals surface area contributed by atoms with E-state index in [9.17, 15) is 17.6 Å². The molecule has 21 heavy (non-hydrogen) atoms. The molecule has 0 aromatic heterocycles. The minimum absolute atomic E-state index is 0.0788. The van der Waals surface area contributed by atoms with E-state index in [0.29, 0.717) is 0 Å². The van der Waals surface area contributed by atoms with Crippen LogP contribution in [0.5, 0.6) is 11.5 Å². The van der Waals surface area contributed by atoms with Crippen LogP contribution in [-0.2, 0) is 0 Å². The van der Waals surface area contributed by atoms with Gasteiger partial charge < -0.3 is 9.47 Å². The van der Waals surface area contributed by atoms with Crippen LogP contribution in [0.1, 0.15) is 0 Å². The van der Waals surface area contributed by atoms with Gasteiger partial charge in [0.15, 0.2) is 22.9 Å². The van der Waals surface area contributed by atoms with Gasteiger partial charge in [0, 0.05) is 0 Å². The average Bonchev–Trinajstić information content (AvgIpc) is 2.39. The first-order valence-corrected chi connectivity index (χ1v) is 6.57. The molecule has 0 atom stereocenters. The van der Waals surface area contributed by atoms with Crippen molar-refractivity contribution in [3.05, 3.63) is 18.2 Å². The number of aliphatic imine (C=N–C) groups is 1. The first-order chi connectivity index (χ1) is 9.80. The monoisotopic (exact) mass is 321 g/mol. The Morgan fingerprint density at radius 2 is 1.95 bits per heavy atom. The summed E-state index contributed by atoms with van der Waals surface area (Å²) in [7, 11) is 0. The van der Waals surface area contributed by atoms with Crippen LogP contribution < -0.4 is 14.8 Å². The Hall–Kier alpha value is -2.15. The van der Waals surface area contributed by atoms with E-state index in [1.54, 1.807) is 12.4 Å². The number of hydrogen-bond acceptors (Lipinski definition) is 5. The summed E-state index contributed by atoms with van der Waals surface area (Å²) in [6, 6.07) is 3.59. The summed E-state index contributed by atoms with van der Waals surface area (Å²) < 4.78 is 60.5. The maximum absolute atomic E-state index is 13.2. The Kier molecular flexibility index (Phi) is 3.87. The van der Waals surface area contributed by atoms with E-state index >= 15 is 0 Å². The lowest BCUT2D eigenvalue weighted by atomic mass is 10.2. The molecule has 2 rings (SSSR count). The molecule has 1 N–H and O–H groups in total. The molecule has 5 nitrogen and oxygen atoms in total. The summed E-state index contributed by atoms with van der Waals surface area (Å²) in [6.07, 6.45) is -6.42. The molecule has 112 valence electrons. The van der Waals surface area contributed by atoms with Gasteiger partial charge in [0.2, 0.25) is 0 Å². The van der Waals surface area contributed by atoms with Crippen molar-refractivity contribution in [2.75, 3.05) is 6.26 Å². The second-order valence-corrected chi connectivity index (χ2v) is 4.49. The number of benzene rings is 1. The van der Waals surface area contributed by atoms with Crippen molar-refractivity contribution in [3.8, 4) is 17.7 Å². The molecule has 0 saturated heterocycles. The third-order valence-corrected chi connectivity index (χ3v) is 2.92. The zero-order chi connectivity index (χ0) is 15.7. The van der Waals surface area contributed by atoms with Crippen molar-refractivity contribution in [1.82, 2.24) is 5.32 Å². The molecule has 0 spiro atoms. The molecule has 1 aliphatic heterocycles. The topological polar surface area (TPSA) is 66.6 Å². The molecule has 1 aromatic rings. The van der Waals surface area contributed by atoms with Crippen LogP contribution in [0.4, 0.5) is 23.2 Å². The highest BCUT2D eigenvalue weighted by Crippen LogP contribution is 2.50. The van der Waals surface area contributed by atoms with Crippen LogP contribution in [0.3, 0.4) is 0 Å². The molecule has 0 amide bonds. The van der Waals surface area contributed by atoms with Gasteiger partial charge in [-0.1, -0.05) is 17.8 Å². The van der Waals surface area contributed by atoms with Gasteiger partial charge in [-0.2, -0.15) is 22.8 Å². The molecule has 0 radical (unpaired) electrons. The quantitative estimate of drug-likeness (QED) is 0.283. The number of nitrogens with zero attached hydrogens (tertiary/aromatic N) is 2. The van der Waals surface area contributed by atoms with Crippen LogP contribution in [0.25, 0.3) is 0 Å². The summed E-state index contributed by atoms with van der Waals surface area (Å²) in [5.41, 5.74) is -0.172. The Morgan fingerprint density at radius 3 is 2.57 bits per heavy atom. The van der Waals surface area contributed by atoms with Gasteiger partial charge in [0.05, 0.1) is 0 Å². The molecule has 1 aromatic carbocycles. The van der Waals surface area contributed by atoms with Gasteiger partial charge in [0.1, 0.15) is 5.69 Å². The Bertz CT molecular complexity index is 630. The molecule has 0 aliphatic carbocycles. The molecule has 0 saturated carbocycles. The number of ether oxygens (including phenoxy) is 2. The van der Waals surface area contributed by atoms with Crippen LogP contribution in [-0.4, -0.2) is 23.6 Å². The van der Waals surface area contributed by atoms with E-state index in [0.717, 1.165) is 17.8 Å². The lowest BCUT2D eigenvalue weighted by Gasteiger charge is -2.32. The fraction of sp³-hybridized carbons (Fsp3) is 0.273. The number of thioether (sulfide) groups is 1. The zero-order valence-electron chi connectivity index (χ0n) is 10.4. The van der Waals surface area contributed by atoms with E-state index in [1.807, 2.05) is 0 Å². The predicted octanol–water partition coefficient (Wildman–Crippen LogP) is 3.06. The van der Waals surface area contributed by atoms with Gasteiger partial charge in [-0.15, -0.1) is 0 Å². The SMILES string of the molecule is CSC(=Nc1cccc2c1OC(F)(F)C(F)(F)O2)NC#N. The molecular weight excluding hydrogens is 314 g/mol. The van der Waals surface area contributed by atoms with Gasteiger partial charge in [-0.3, -0.25) is 5.32 Å². The van der Waals surface area contributed by atoms with Crippen molar-refractivity contribution < 1.29 is 27.0 Å². The fourth-order valence-electron chi connectivity index (χ4n) is 1.44. The summed E-state index contributed by atoms with van der Waals surface area (Å²) in [6.45, 7) is 0. The number of para-hydroxylation sites is 1. The molecule has 1 heterocycles. The van der Waals surface area contributed by atoms with E-state index in [2.05, 4.69) is 19.8 Å². The molecule has 0 unspecified atom stereocenters. The summed E-state index contributed by atoms with van der Waals surface area (Å²) in [5, 5.41) is 10.8. The number of halogens is 4. The van der Waals surface area contributed by atoms with Gasteiger partial charge in [0.25, 0.3) is 0 Å². The van der Waals surface area contributed by atoms with Gasteiger partial charge >= 0.3 is 12.2 Å². The fourth-order valence-corrected chi connectivity index (χ4v) is 1.78. The van der Waals surface area contributed by atoms with Crippen LogP contribution in [0, 0.1) is 11.5 Å². The number of alkyl halides is 4. The van der Waals surface area contributed by atoms with Crippen LogP contribution in [0.2, 0.25) is 0 Å². The number of nitrogens with one attached hydrogen (secondary N) is 1. The number of nitriles is 1. The maximum Gasteiger partial charge on any atom is 0.507 e. The molecule has 0 bridgehead atoms. The normalized spacial score (nSPS) is 18.8. The minimum Gasteiger partial charge on any atom is -0.421 e. The van der Waals surface area contributed by atoms with E-state index in [4.69, 9.17) is 5.26 Å². The van der Waals surface area contributed by atoms with E-state index in [1.165, 1.54) is 12.1 Å². The molecular formula is C11H7F4N3O2S. The zero-order valence-corrected chi connectivity index (χ0v) is 11.2. The highest BCUT2D eigenvalue weighted by atomic mass is 32.2.